The van der Waals surface area contributed by atoms with Crippen LogP contribution in [0.25, 0.3) is 10.9 Å². The molecule has 0 spiro atoms. The van der Waals surface area contributed by atoms with Gasteiger partial charge in [0.1, 0.15) is 5.82 Å². The van der Waals surface area contributed by atoms with E-state index < -0.39 is 12.2 Å². The largest absolute Gasteiger partial charge is 0.436 e. The summed E-state index contributed by atoms with van der Waals surface area (Å²) >= 11 is 0. The van der Waals surface area contributed by atoms with Crippen LogP contribution in [0.2, 0.25) is 0 Å². The average Bonchev–Trinajstić information content (AvgIpc) is 3.52. The fourth-order valence-electron chi connectivity index (χ4n) is 7.49. The van der Waals surface area contributed by atoms with Crippen molar-refractivity contribution in [3.8, 4) is 0 Å². The summed E-state index contributed by atoms with van der Waals surface area (Å²) in [6, 6.07) is 18.3. The Hall–Kier alpha value is -4.93. The Morgan fingerprint density at radius 2 is 1.69 bits per heavy atom. The number of hydrogen-bond acceptors (Lipinski definition) is 5. The van der Waals surface area contributed by atoms with E-state index >= 15 is 0 Å². The van der Waals surface area contributed by atoms with E-state index in [1.165, 1.54) is 12.1 Å². The molecule has 48 heavy (non-hydrogen) atoms. The van der Waals surface area contributed by atoms with Gasteiger partial charge in [0.15, 0.2) is 6.10 Å². The smallest absolute Gasteiger partial charge is 0.410 e. The molecule has 3 aliphatic rings. The van der Waals surface area contributed by atoms with E-state index in [4.69, 9.17) is 4.74 Å². The molecule has 10 nitrogen and oxygen atoms in total. The van der Waals surface area contributed by atoms with Crippen LogP contribution in [0.5, 0.6) is 0 Å². The van der Waals surface area contributed by atoms with Crippen molar-refractivity contribution in [2.24, 2.45) is 0 Å². The molecule has 0 unspecified atom stereocenters. The van der Waals surface area contributed by atoms with Gasteiger partial charge in [0, 0.05) is 56.3 Å². The summed E-state index contributed by atoms with van der Waals surface area (Å²) in [6.45, 7) is 4.53. The van der Waals surface area contributed by atoms with Crippen molar-refractivity contribution in [1.29, 1.82) is 0 Å². The van der Waals surface area contributed by atoms with Crippen LogP contribution in [0.3, 0.4) is 0 Å². The topological polar surface area (TPSA) is 111 Å². The van der Waals surface area contributed by atoms with E-state index in [2.05, 4.69) is 15.5 Å². The number of fused-ring (bicyclic) bond motifs is 2. The standard InChI is InChI=1S/C37H41FN6O4/c1-24-20-25(21-29-23-39-41-34(24)29)22-33(35(45)42-15-10-27(11-16-42)26-6-8-30(38)9-7-26)48-37(47)43-17-13-31(14-18-43)44-19-12-28-4-2-3-5-32(28)40-36(44)46/h2-9,20-21,23,27,31,33H,10-19,22H2,1H3,(H,39,41)(H,40,46)/t33-/m1/s1. The van der Waals surface area contributed by atoms with Gasteiger partial charge in [0.05, 0.1) is 11.7 Å². The summed E-state index contributed by atoms with van der Waals surface area (Å²) < 4.78 is 19.6. The summed E-state index contributed by atoms with van der Waals surface area (Å²) in [5.41, 5.74) is 5.86. The lowest BCUT2D eigenvalue weighted by Gasteiger charge is -2.38. The molecule has 250 valence electrons. The van der Waals surface area contributed by atoms with Crippen LogP contribution in [0.1, 0.15) is 53.9 Å². The van der Waals surface area contributed by atoms with Gasteiger partial charge in [-0.25, -0.2) is 14.0 Å². The number of ether oxygens (including phenoxy) is 1. The van der Waals surface area contributed by atoms with Crippen molar-refractivity contribution in [3.05, 3.63) is 94.9 Å². The number of carbonyl (C=O) groups excluding carboxylic acids is 3. The van der Waals surface area contributed by atoms with Gasteiger partial charge in [0.25, 0.3) is 5.91 Å². The number of amides is 4. The number of H-pyrrole nitrogens is 1. The highest BCUT2D eigenvalue weighted by Crippen LogP contribution is 2.30. The number of anilines is 1. The van der Waals surface area contributed by atoms with E-state index in [-0.39, 0.29) is 36.1 Å². The quantitative estimate of drug-likeness (QED) is 0.265. The molecule has 2 saturated heterocycles. The second-order valence-electron chi connectivity index (χ2n) is 13.2. The van der Waals surface area contributed by atoms with E-state index in [1.54, 1.807) is 16.0 Å². The maximum absolute atomic E-state index is 14.0. The Bertz CT molecular complexity index is 1790. The predicted octanol–water partition coefficient (Wildman–Crippen LogP) is 6.02. The van der Waals surface area contributed by atoms with Crippen molar-refractivity contribution in [3.63, 3.8) is 0 Å². The summed E-state index contributed by atoms with van der Waals surface area (Å²) in [6.07, 6.45) is 4.03. The highest BCUT2D eigenvalue weighted by Gasteiger charge is 2.35. The molecule has 2 N–H and O–H groups in total. The summed E-state index contributed by atoms with van der Waals surface area (Å²) in [7, 11) is 0. The van der Waals surface area contributed by atoms with Crippen molar-refractivity contribution >= 4 is 34.6 Å². The fourth-order valence-corrected chi connectivity index (χ4v) is 7.49. The molecule has 3 aromatic carbocycles. The first kappa shape index (κ1) is 31.7. The minimum Gasteiger partial charge on any atom is -0.436 e. The molecule has 11 heteroatoms. The lowest BCUT2D eigenvalue weighted by molar-refractivity contribution is -0.142. The molecule has 1 atom stereocenters. The third kappa shape index (κ3) is 6.72. The first-order valence-electron chi connectivity index (χ1n) is 16.9. The van der Waals surface area contributed by atoms with Crippen LogP contribution >= 0.6 is 0 Å². The molecule has 0 saturated carbocycles. The van der Waals surface area contributed by atoms with Gasteiger partial charge in [-0.2, -0.15) is 5.10 Å². The van der Waals surface area contributed by atoms with Gasteiger partial charge in [-0.1, -0.05) is 36.4 Å². The SMILES string of the molecule is Cc1cc(C[C@@H](OC(=O)N2CCC(N3CCc4ccccc4NC3=O)CC2)C(=O)N2CCC(c3ccc(F)cc3)CC2)cc2cn[nH]c12. The molecule has 4 amide bonds. The first-order chi connectivity index (χ1) is 23.3. The van der Waals surface area contributed by atoms with Gasteiger partial charge in [-0.05, 0) is 91.5 Å². The Morgan fingerprint density at radius 1 is 0.958 bits per heavy atom. The molecule has 1 aromatic heterocycles. The fraction of sp³-hybridized carbons (Fsp3) is 0.405. The molecule has 0 radical (unpaired) electrons. The van der Waals surface area contributed by atoms with E-state index in [0.29, 0.717) is 45.6 Å². The van der Waals surface area contributed by atoms with E-state index in [0.717, 1.165) is 58.1 Å². The third-order valence-corrected chi connectivity index (χ3v) is 10.2. The van der Waals surface area contributed by atoms with Gasteiger partial charge >= 0.3 is 12.1 Å². The van der Waals surface area contributed by atoms with E-state index in [1.807, 2.05) is 60.4 Å². The van der Waals surface area contributed by atoms with Crippen molar-refractivity contribution < 1.29 is 23.5 Å². The Morgan fingerprint density at radius 3 is 2.46 bits per heavy atom. The lowest BCUT2D eigenvalue weighted by atomic mass is 9.89. The molecule has 7 rings (SSSR count). The van der Waals surface area contributed by atoms with Gasteiger partial charge < -0.3 is 24.8 Å². The number of carbonyl (C=O) groups is 3. The maximum Gasteiger partial charge on any atom is 0.410 e. The van der Waals surface area contributed by atoms with Crippen LogP contribution in [0.15, 0.2) is 66.9 Å². The second kappa shape index (κ2) is 13.7. The summed E-state index contributed by atoms with van der Waals surface area (Å²) in [5.74, 6) is -0.229. The first-order valence-corrected chi connectivity index (χ1v) is 16.9. The van der Waals surface area contributed by atoms with Gasteiger partial charge in [-0.15, -0.1) is 0 Å². The molecule has 4 heterocycles. The summed E-state index contributed by atoms with van der Waals surface area (Å²) in [4.78, 5) is 46.1. The zero-order valence-electron chi connectivity index (χ0n) is 27.2. The third-order valence-electron chi connectivity index (χ3n) is 10.2. The number of hydrogen-bond donors (Lipinski definition) is 2. The Kier molecular flexibility index (Phi) is 9.01. The maximum atomic E-state index is 14.0. The minimum atomic E-state index is -0.990. The van der Waals surface area contributed by atoms with Crippen LogP contribution < -0.4 is 5.32 Å². The average molecular weight is 653 g/mol. The number of nitrogens with zero attached hydrogens (tertiary/aromatic N) is 4. The second-order valence-corrected chi connectivity index (χ2v) is 13.2. The highest BCUT2D eigenvalue weighted by atomic mass is 19.1. The lowest BCUT2D eigenvalue weighted by Crippen LogP contribution is -2.51. The van der Waals surface area contributed by atoms with Crippen LogP contribution in [0, 0.1) is 12.7 Å². The van der Waals surface area contributed by atoms with Crippen molar-refractivity contribution in [2.75, 3.05) is 38.0 Å². The minimum absolute atomic E-state index is 0.00727. The predicted molar refractivity (Wildman–Crippen MR) is 180 cm³/mol. The highest BCUT2D eigenvalue weighted by molar-refractivity contribution is 5.91. The van der Waals surface area contributed by atoms with E-state index in [9.17, 15) is 18.8 Å². The van der Waals surface area contributed by atoms with Crippen molar-refractivity contribution in [2.45, 2.75) is 63.5 Å². The van der Waals surface area contributed by atoms with Crippen molar-refractivity contribution in [1.82, 2.24) is 24.9 Å². The van der Waals surface area contributed by atoms with Gasteiger partial charge in [0.2, 0.25) is 0 Å². The zero-order chi connectivity index (χ0) is 33.2. The molecule has 3 aliphatic heterocycles. The number of halogens is 1. The number of rotatable bonds is 6. The summed E-state index contributed by atoms with van der Waals surface area (Å²) in [5, 5.41) is 11.1. The number of likely N-dealkylation sites (tertiary alicyclic amines) is 2. The molecule has 4 aromatic rings. The number of para-hydroxylation sites is 1. The molecular weight excluding hydrogens is 611 g/mol. The van der Waals surface area contributed by atoms with Gasteiger partial charge in [-0.3, -0.25) is 9.89 Å². The number of nitrogens with one attached hydrogen (secondary N) is 2. The van der Waals surface area contributed by atoms with Crippen LogP contribution in [-0.2, 0) is 22.4 Å². The number of aromatic nitrogens is 2. The monoisotopic (exact) mass is 652 g/mol. The molecule has 0 bridgehead atoms. The molecular formula is C37H41FN6O4. The normalized spacial score (nSPS) is 18.3. The number of aromatic amines is 1. The van der Waals surface area contributed by atoms with Crippen LogP contribution in [0.4, 0.5) is 19.7 Å². The van der Waals surface area contributed by atoms with Crippen LogP contribution in [-0.4, -0.2) is 87.8 Å². The zero-order valence-corrected chi connectivity index (χ0v) is 27.2. The Balaban J connectivity index is 1.01. The number of urea groups is 1. The Labute approximate surface area is 279 Å². The molecule has 2 fully saturated rings. The number of aryl methyl sites for hydroxylation is 1. The number of benzene rings is 3. The molecule has 0 aliphatic carbocycles. The number of piperidine rings is 2.